The van der Waals surface area contributed by atoms with E-state index in [1.165, 1.54) is 12.8 Å². The summed E-state index contributed by atoms with van der Waals surface area (Å²) in [5.74, 6) is 2.51. The summed E-state index contributed by atoms with van der Waals surface area (Å²) < 4.78 is 5.39. The summed E-state index contributed by atoms with van der Waals surface area (Å²) in [5, 5.41) is 6.54. The molecule has 1 aromatic heterocycles. The molecule has 7 heteroatoms. The van der Waals surface area contributed by atoms with Gasteiger partial charge in [0.05, 0.1) is 12.8 Å². The molecule has 0 radical (unpaired) electrons. The molecule has 0 atom stereocenters. The number of anilines is 3. The second kappa shape index (κ2) is 9.11. The van der Waals surface area contributed by atoms with Crippen molar-refractivity contribution in [2.24, 2.45) is 5.92 Å². The molecule has 1 amide bonds. The zero-order chi connectivity index (χ0) is 20.1. The van der Waals surface area contributed by atoms with E-state index in [4.69, 9.17) is 4.74 Å². The average Bonchev–Trinajstić information content (AvgIpc) is 3.27. The SMILES string of the molecule is COc1ccccc1Nc1ccnc(N2CCC(C(=O)NC3CCCC3)CC2)n1. The molecular weight excluding hydrogens is 366 g/mol. The van der Waals surface area contributed by atoms with Crippen molar-refractivity contribution in [3.63, 3.8) is 0 Å². The van der Waals surface area contributed by atoms with Crippen LogP contribution >= 0.6 is 0 Å². The first-order valence-corrected chi connectivity index (χ1v) is 10.5. The van der Waals surface area contributed by atoms with Gasteiger partial charge in [-0.3, -0.25) is 4.79 Å². The summed E-state index contributed by atoms with van der Waals surface area (Å²) in [6.07, 6.45) is 8.17. The fourth-order valence-corrected chi connectivity index (χ4v) is 4.19. The van der Waals surface area contributed by atoms with Gasteiger partial charge in [-0.25, -0.2) is 4.98 Å². The van der Waals surface area contributed by atoms with Crippen molar-refractivity contribution in [2.45, 2.75) is 44.6 Å². The summed E-state index contributed by atoms with van der Waals surface area (Å²) >= 11 is 0. The van der Waals surface area contributed by atoms with Crippen molar-refractivity contribution in [1.82, 2.24) is 15.3 Å². The molecule has 4 rings (SSSR count). The first-order valence-electron chi connectivity index (χ1n) is 10.5. The quantitative estimate of drug-likeness (QED) is 0.779. The fraction of sp³-hybridized carbons (Fsp3) is 0.500. The molecule has 1 saturated carbocycles. The topological polar surface area (TPSA) is 79.4 Å². The predicted octanol–water partition coefficient (Wildman–Crippen LogP) is 3.50. The van der Waals surface area contributed by atoms with E-state index >= 15 is 0 Å². The summed E-state index contributed by atoms with van der Waals surface area (Å²) in [4.78, 5) is 23.8. The second-order valence-corrected chi connectivity index (χ2v) is 7.82. The number of piperidine rings is 1. The number of aromatic nitrogens is 2. The first-order chi connectivity index (χ1) is 14.2. The highest BCUT2D eigenvalue weighted by molar-refractivity contribution is 5.79. The van der Waals surface area contributed by atoms with Crippen molar-refractivity contribution in [2.75, 3.05) is 30.4 Å². The molecule has 1 aromatic carbocycles. The Hall–Kier alpha value is -2.83. The van der Waals surface area contributed by atoms with Crippen molar-refractivity contribution in [3.05, 3.63) is 36.5 Å². The number of benzene rings is 1. The van der Waals surface area contributed by atoms with Crippen LogP contribution in [0.15, 0.2) is 36.5 Å². The lowest BCUT2D eigenvalue weighted by Gasteiger charge is -2.32. The minimum absolute atomic E-state index is 0.0988. The number of carbonyl (C=O) groups is 1. The van der Waals surface area contributed by atoms with Crippen LogP contribution in [0.2, 0.25) is 0 Å². The Morgan fingerprint density at radius 3 is 2.62 bits per heavy atom. The lowest BCUT2D eigenvalue weighted by atomic mass is 9.95. The second-order valence-electron chi connectivity index (χ2n) is 7.82. The summed E-state index contributed by atoms with van der Waals surface area (Å²) in [6, 6.07) is 9.98. The van der Waals surface area contributed by atoms with E-state index in [1.807, 2.05) is 30.3 Å². The third kappa shape index (κ3) is 4.78. The summed E-state index contributed by atoms with van der Waals surface area (Å²) in [7, 11) is 1.65. The average molecular weight is 396 g/mol. The number of rotatable bonds is 6. The van der Waals surface area contributed by atoms with Gasteiger partial charge in [-0.15, -0.1) is 0 Å². The van der Waals surface area contributed by atoms with Crippen LogP contribution in [0.5, 0.6) is 5.75 Å². The highest BCUT2D eigenvalue weighted by Gasteiger charge is 2.28. The number of carbonyl (C=O) groups excluding carboxylic acids is 1. The number of hydrogen-bond acceptors (Lipinski definition) is 6. The van der Waals surface area contributed by atoms with Gasteiger partial charge < -0.3 is 20.3 Å². The van der Waals surface area contributed by atoms with Gasteiger partial charge >= 0.3 is 0 Å². The van der Waals surface area contributed by atoms with Crippen LogP contribution in [-0.4, -0.2) is 42.1 Å². The maximum atomic E-state index is 12.5. The Bertz CT molecular complexity index is 829. The molecule has 7 nitrogen and oxygen atoms in total. The smallest absolute Gasteiger partial charge is 0.227 e. The minimum atomic E-state index is 0.0988. The maximum absolute atomic E-state index is 12.5. The molecule has 2 aromatic rings. The first kappa shape index (κ1) is 19.5. The monoisotopic (exact) mass is 395 g/mol. The number of nitrogens with zero attached hydrogens (tertiary/aromatic N) is 3. The van der Waals surface area contributed by atoms with E-state index < -0.39 is 0 Å². The van der Waals surface area contributed by atoms with Crippen LogP contribution in [0, 0.1) is 5.92 Å². The number of nitrogens with one attached hydrogen (secondary N) is 2. The van der Waals surface area contributed by atoms with E-state index in [0.29, 0.717) is 12.0 Å². The predicted molar refractivity (Wildman–Crippen MR) is 114 cm³/mol. The lowest BCUT2D eigenvalue weighted by Crippen LogP contribution is -2.43. The van der Waals surface area contributed by atoms with Crippen LogP contribution in [0.1, 0.15) is 38.5 Å². The number of ether oxygens (including phenoxy) is 1. The van der Waals surface area contributed by atoms with Gasteiger partial charge in [0.25, 0.3) is 0 Å². The summed E-state index contributed by atoms with van der Waals surface area (Å²) in [6.45, 7) is 1.59. The molecule has 0 spiro atoms. The molecule has 2 fully saturated rings. The molecular formula is C22H29N5O2. The van der Waals surface area contributed by atoms with Gasteiger partial charge in [0.15, 0.2) is 0 Å². The van der Waals surface area contributed by atoms with Gasteiger partial charge in [0.1, 0.15) is 11.6 Å². The molecule has 0 unspecified atom stereocenters. The normalized spacial score (nSPS) is 17.9. The van der Waals surface area contributed by atoms with Crippen molar-refractivity contribution >= 4 is 23.4 Å². The van der Waals surface area contributed by atoms with Crippen molar-refractivity contribution in [3.8, 4) is 5.75 Å². The Morgan fingerprint density at radius 1 is 1.10 bits per heavy atom. The van der Waals surface area contributed by atoms with E-state index in [2.05, 4.69) is 25.5 Å². The maximum Gasteiger partial charge on any atom is 0.227 e. The Morgan fingerprint density at radius 2 is 1.86 bits per heavy atom. The van der Waals surface area contributed by atoms with Gasteiger partial charge in [0, 0.05) is 31.2 Å². The molecule has 2 aliphatic rings. The minimum Gasteiger partial charge on any atom is -0.495 e. The fourth-order valence-electron chi connectivity index (χ4n) is 4.19. The molecule has 1 aliphatic carbocycles. The number of hydrogen-bond donors (Lipinski definition) is 2. The van der Waals surface area contributed by atoms with Crippen molar-refractivity contribution in [1.29, 1.82) is 0 Å². The molecule has 29 heavy (non-hydrogen) atoms. The number of para-hydroxylation sites is 2. The van der Waals surface area contributed by atoms with Crippen LogP contribution < -0.4 is 20.3 Å². The largest absolute Gasteiger partial charge is 0.495 e. The summed E-state index contributed by atoms with van der Waals surface area (Å²) in [5.41, 5.74) is 0.863. The molecule has 2 N–H and O–H groups in total. The third-order valence-electron chi connectivity index (χ3n) is 5.86. The Balaban J connectivity index is 1.35. The van der Waals surface area contributed by atoms with Crippen LogP contribution in [-0.2, 0) is 4.79 Å². The molecule has 2 heterocycles. The van der Waals surface area contributed by atoms with Crippen LogP contribution in [0.3, 0.4) is 0 Å². The highest BCUT2D eigenvalue weighted by atomic mass is 16.5. The van der Waals surface area contributed by atoms with E-state index in [1.54, 1.807) is 13.3 Å². The molecule has 1 saturated heterocycles. The van der Waals surface area contributed by atoms with Gasteiger partial charge in [0.2, 0.25) is 11.9 Å². The van der Waals surface area contributed by atoms with Gasteiger partial charge in [-0.05, 0) is 43.9 Å². The third-order valence-corrected chi connectivity index (χ3v) is 5.86. The number of methoxy groups -OCH3 is 1. The van der Waals surface area contributed by atoms with Crippen LogP contribution in [0.25, 0.3) is 0 Å². The molecule has 0 bridgehead atoms. The zero-order valence-corrected chi connectivity index (χ0v) is 16.9. The number of amides is 1. The molecule has 154 valence electrons. The Kier molecular flexibility index (Phi) is 6.12. The Labute approximate surface area is 171 Å². The van der Waals surface area contributed by atoms with E-state index in [-0.39, 0.29) is 11.8 Å². The van der Waals surface area contributed by atoms with Gasteiger partial charge in [-0.1, -0.05) is 25.0 Å². The van der Waals surface area contributed by atoms with Gasteiger partial charge in [-0.2, -0.15) is 4.98 Å². The molecule has 1 aliphatic heterocycles. The standard InChI is InChI=1S/C22H29N5O2/c1-29-19-9-5-4-8-18(19)25-20-10-13-23-22(26-20)27-14-11-16(12-15-27)21(28)24-17-6-2-3-7-17/h4-5,8-10,13,16-17H,2-3,6-7,11-12,14-15H2,1H3,(H,24,28)(H,23,25,26). The highest BCUT2D eigenvalue weighted by Crippen LogP contribution is 2.27. The zero-order valence-electron chi connectivity index (χ0n) is 16.9. The van der Waals surface area contributed by atoms with E-state index in [0.717, 1.165) is 56.0 Å². The van der Waals surface area contributed by atoms with Crippen molar-refractivity contribution < 1.29 is 9.53 Å². The van der Waals surface area contributed by atoms with Crippen LogP contribution in [0.4, 0.5) is 17.5 Å². The lowest BCUT2D eigenvalue weighted by molar-refractivity contribution is -0.126. The van der Waals surface area contributed by atoms with E-state index in [9.17, 15) is 4.79 Å².